The van der Waals surface area contributed by atoms with Gasteiger partial charge in [0.25, 0.3) is 0 Å². The van der Waals surface area contributed by atoms with E-state index in [-0.39, 0.29) is 5.56 Å². The van der Waals surface area contributed by atoms with Gasteiger partial charge in [-0.25, -0.2) is 8.78 Å². The van der Waals surface area contributed by atoms with E-state index in [0.717, 1.165) is 12.1 Å². The number of benzene rings is 1. The van der Waals surface area contributed by atoms with E-state index in [1.165, 1.54) is 12.3 Å². The van der Waals surface area contributed by atoms with E-state index >= 15 is 0 Å². The molecule has 1 aromatic heterocycles. The van der Waals surface area contributed by atoms with E-state index in [1.807, 2.05) is 6.92 Å². The molecule has 0 fully saturated rings. The number of rotatable bonds is 3. The predicted octanol–water partition coefficient (Wildman–Crippen LogP) is 3.03. The fraction of sp³-hybridized carbons (Fsp3) is 0.250. The molecule has 0 aliphatic carbocycles. The van der Waals surface area contributed by atoms with Crippen LogP contribution in [0.25, 0.3) is 0 Å². The van der Waals surface area contributed by atoms with Crippen molar-refractivity contribution in [2.75, 3.05) is 0 Å². The highest BCUT2D eigenvalue weighted by Gasteiger charge is 2.22. The average Bonchev–Trinajstić information content (AvgIpc) is 2.69. The van der Waals surface area contributed by atoms with Gasteiger partial charge in [0.05, 0.1) is 16.4 Å². The molecule has 2 aromatic rings. The zero-order chi connectivity index (χ0) is 13.3. The largest absolute Gasteiger partial charge is 0.382 e. The Bertz CT molecular complexity index is 571. The fourth-order valence-electron chi connectivity index (χ4n) is 1.77. The molecule has 3 nitrogen and oxygen atoms in total. The minimum absolute atomic E-state index is 0.0206. The van der Waals surface area contributed by atoms with Gasteiger partial charge < -0.3 is 5.11 Å². The molecule has 6 heteroatoms. The Morgan fingerprint density at radius 1 is 1.44 bits per heavy atom. The molecule has 0 aliphatic heterocycles. The van der Waals surface area contributed by atoms with Gasteiger partial charge in [-0.15, -0.1) is 0 Å². The molecule has 0 radical (unpaired) electrons. The van der Waals surface area contributed by atoms with E-state index in [0.29, 0.717) is 16.7 Å². The van der Waals surface area contributed by atoms with Crippen LogP contribution >= 0.6 is 15.9 Å². The average molecular weight is 317 g/mol. The third kappa shape index (κ3) is 2.30. The van der Waals surface area contributed by atoms with Crippen LogP contribution in [0.1, 0.15) is 24.3 Å². The van der Waals surface area contributed by atoms with Crippen molar-refractivity contribution >= 4 is 15.9 Å². The number of hydrogen-bond donors (Lipinski definition) is 1. The van der Waals surface area contributed by atoms with Crippen LogP contribution in [-0.2, 0) is 6.54 Å². The van der Waals surface area contributed by atoms with Gasteiger partial charge in [0.1, 0.15) is 17.7 Å². The van der Waals surface area contributed by atoms with Crippen LogP contribution < -0.4 is 0 Å². The zero-order valence-corrected chi connectivity index (χ0v) is 11.2. The lowest BCUT2D eigenvalue weighted by molar-refractivity contribution is 0.202. The van der Waals surface area contributed by atoms with Crippen molar-refractivity contribution in [2.24, 2.45) is 0 Å². The van der Waals surface area contributed by atoms with Gasteiger partial charge >= 0.3 is 0 Å². The van der Waals surface area contributed by atoms with E-state index in [1.54, 1.807) is 4.68 Å². The standard InChI is InChI=1S/C12H11BrF2N2O/c1-2-17-11(9(13)6-16-17)12(18)8-4-3-7(14)5-10(8)15/h3-6,12,18H,2H2,1H3. The molecular formula is C12H11BrF2N2O. The number of nitrogens with zero attached hydrogens (tertiary/aromatic N) is 2. The van der Waals surface area contributed by atoms with Crippen LogP contribution in [0, 0.1) is 11.6 Å². The van der Waals surface area contributed by atoms with Gasteiger partial charge in [0.15, 0.2) is 0 Å². The first kappa shape index (κ1) is 13.2. The van der Waals surface area contributed by atoms with Crippen LogP contribution in [0.4, 0.5) is 8.78 Å². The van der Waals surface area contributed by atoms with Crippen molar-refractivity contribution in [3.05, 3.63) is 51.8 Å². The summed E-state index contributed by atoms with van der Waals surface area (Å²) in [6.07, 6.45) is 0.339. The SMILES string of the molecule is CCn1ncc(Br)c1C(O)c1ccc(F)cc1F. The first-order valence-corrected chi connectivity index (χ1v) is 6.18. The van der Waals surface area contributed by atoms with Crippen molar-refractivity contribution in [1.82, 2.24) is 9.78 Å². The van der Waals surface area contributed by atoms with Crippen molar-refractivity contribution in [3.63, 3.8) is 0 Å². The maximum atomic E-state index is 13.6. The van der Waals surface area contributed by atoms with Crippen LogP contribution in [0.5, 0.6) is 0 Å². The number of aliphatic hydroxyl groups excluding tert-OH is 1. The van der Waals surface area contributed by atoms with Gasteiger partial charge in [0, 0.05) is 18.2 Å². The van der Waals surface area contributed by atoms with Crippen molar-refractivity contribution in [1.29, 1.82) is 0 Å². The van der Waals surface area contributed by atoms with Gasteiger partial charge in [-0.05, 0) is 28.9 Å². The predicted molar refractivity (Wildman–Crippen MR) is 66.0 cm³/mol. The third-order valence-electron chi connectivity index (χ3n) is 2.65. The van der Waals surface area contributed by atoms with Gasteiger partial charge in [-0.3, -0.25) is 4.68 Å². The van der Waals surface area contributed by atoms with Crippen LogP contribution in [0.2, 0.25) is 0 Å². The summed E-state index contributed by atoms with van der Waals surface area (Å²) in [6, 6.07) is 3.09. The van der Waals surface area contributed by atoms with Gasteiger partial charge in [0.2, 0.25) is 0 Å². The topological polar surface area (TPSA) is 38.0 Å². The molecular weight excluding hydrogens is 306 g/mol. The number of aromatic nitrogens is 2. The summed E-state index contributed by atoms with van der Waals surface area (Å²) in [7, 11) is 0. The van der Waals surface area contributed by atoms with E-state index in [9.17, 15) is 13.9 Å². The molecule has 1 atom stereocenters. The Morgan fingerprint density at radius 2 is 2.17 bits per heavy atom. The number of aliphatic hydroxyl groups is 1. The number of hydrogen-bond acceptors (Lipinski definition) is 2. The molecule has 0 aliphatic rings. The molecule has 1 heterocycles. The smallest absolute Gasteiger partial charge is 0.132 e. The molecule has 0 saturated carbocycles. The van der Waals surface area contributed by atoms with E-state index in [4.69, 9.17) is 0 Å². The quantitative estimate of drug-likeness (QED) is 0.945. The Hall–Kier alpha value is -1.27. The Balaban J connectivity index is 2.47. The number of aryl methyl sites for hydroxylation is 1. The van der Waals surface area contributed by atoms with E-state index in [2.05, 4.69) is 21.0 Å². The maximum Gasteiger partial charge on any atom is 0.132 e. The molecule has 18 heavy (non-hydrogen) atoms. The molecule has 1 N–H and O–H groups in total. The van der Waals surface area contributed by atoms with Crippen LogP contribution in [0.3, 0.4) is 0 Å². The lowest BCUT2D eigenvalue weighted by Gasteiger charge is -2.14. The first-order chi connectivity index (χ1) is 8.54. The second kappa shape index (κ2) is 5.16. The maximum absolute atomic E-state index is 13.6. The summed E-state index contributed by atoms with van der Waals surface area (Å²) in [5.41, 5.74) is 0.468. The second-order valence-electron chi connectivity index (χ2n) is 3.76. The summed E-state index contributed by atoms with van der Waals surface area (Å²) in [5, 5.41) is 14.2. The first-order valence-electron chi connectivity index (χ1n) is 5.38. The molecule has 0 bridgehead atoms. The summed E-state index contributed by atoms with van der Waals surface area (Å²) >= 11 is 3.26. The fourth-order valence-corrected chi connectivity index (χ4v) is 2.28. The van der Waals surface area contributed by atoms with Crippen LogP contribution in [-0.4, -0.2) is 14.9 Å². The van der Waals surface area contributed by atoms with Crippen molar-refractivity contribution in [3.8, 4) is 0 Å². The van der Waals surface area contributed by atoms with Crippen LogP contribution in [0.15, 0.2) is 28.9 Å². The highest BCUT2D eigenvalue weighted by molar-refractivity contribution is 9.10. The Kier molecular flexibility index (Phi) is 3.77. The molecule has 1 unspecified atom stereocenters. The third-order valence-corrected chi connectivity index (χ3v) is 3.26. The lowest BCUT2D eigenvalue weighted by atomic mass is 10.1. The number of halogens is 3. The van der Waals surface area contributed by atoms with Gasteiger partial charge in [-0.2, -0.15) is 5.10 Å². The molecule has 0 spiro atoms. The van der Waals surface area contributed by atoms with E-state index < -0.39 is 17.7 Å². The second-order valence-corrected chi connectivity index (χ2v) is 4.62. The monoisotopic (exact) mass is 316 g/mol. The summed E-state index contributed by atoms with van der Waals surface area (Å²) in [4.78, 5) is 0. The van der Waals surface area contributed by atoms with Gasteiger partial charge in [-0.1, -0.05) is 6.07 Å². The molecule has 1 aromatic carbocycles. The highest BCUT2D eigenvalue weighted by Crippen LogP contribution is 2.30. The molecule has 0 amide bonds. The molecule has 0 saturated heterocycles. The summed E-state index contributed by atoms with van der Waals surface area (Å²) < 4.78 is 28.6. The van der Waals surface area contributed by atoms with Crippen molar-refractivity contribution < 1.29 is 13.9 Å². The van der Waals surface area contributed by atoms with Crippen molar-refractivity contribution in [2.45, 2.75) is 19.6 Å². The normalized spacial score (nSPS) is 12.7. The lowest BCUT2D eigenvalue weighted by Crippen LogP contribution is -2.11. The minimum Gasteiger partial charge on any atom is -0.382 e. The highest BCUT2D eigenvalue weighted by atomic mass is 79.9. The Morgan fingerprint density at radius 3 is 2.78 bits per heavy atom. The molecule has 96 valence electrons. The summed E-state index contributed by atoms with van der Waals surface area (Å²) in [5.74, 6) is -1.45. The molecule has 2 rings (SSSR count). The summed E-state index contributed by atoms with van der Waals surface area (Å²) in [6.45, 7) is 2.40. The Labute approximate surface area is 111 Å². The minimum atomic E-state index is -1.19. The zero-order valence-electron chi connectivity index (χ0n) is 9.57.